The summed E-state index contributed by atoms with van der Waals surface area (Å²) in [5.41, 5.74) is 0.0408. The number of hydrogen-bond donors (Lipinski definition) is 2. The van der Waals surface area contributed by atoms with Gasteiger partial charge in [-0.3, -0.25) is 0 Å². The molecule has 11 heteroatoms. The lowest BCUT2D eigenvalue weighted by Crippen LogP contribution is -2.14. The number of nitrogens with two attached hydrogens (primary N) is 1. The van der Waals surface area contributed by atoms with Gasteiger partial charge in [0.1, 0.15) is 34.6 Å². The third-order valence-corrected chi connectivity index (χ3v) is 5.17. The summed E-state index contributed by atoms with van der Waals surface area (Å²) in [6.07, 6.45) is 0. The van der Waals surface area contributed by atoms with E-state index in [9.17, 15) is 22.3 Å². The fraction of sp³-hybridized carbons (Fsp3) is 0.118. The van der Waals surface area contributed by atoms with Gasteiger partial charge in [0.25, 0.3) is 0 Å². The van der Waals surface area contributed by atoms with Gasteiger partial charge in [-0.1, -0.05) is 22.8 Å². The predicted molar refractivity (Wildman–Crippen MR) is 96.1 cm³/mol. The first kappa shape index (κ1) is 20.2. The maximum atomic E-state index is 14.7. The number of nitrogens with zero attached hydrogens (tertiary/aromatic N) is 1. The molecule has 1 heterocycles. The minimum Gasteiger partial charge on any atom is -0.495 e. The second-order valence-electron chi connectivity index (χ2n) is 5.64. The van der Waals surface area contributed by atoms with E-state index in [0.717, 1.165) is 0 Å². The Bertz CT molecular complexity index is 1160. The summed E-state index contributed by atoms with van der Waals surface area (Å²) in [7, 11) is -3.07. The maximum absolute atomic E-state index is 14.7. The minimum atomic E-state index is -4.47. The molecule has 0 atom stereocenters. The Morgan fingerprint density at radius 3 is 2.57 bits per heavy atom. The number of aliphatic hydroxyl groups excluding tert-OH is 1. The Labute approximate surface area is 163 Å². The topological polar surface area (TPSA) is 116 Å². The fourth-order valence-electron chi connectivity index (χ4n) is 2.65. The second kappa shape index (κ2) is 7.47. The van der Waals surface area contributed by atoms with Crippen molar-refractivity contribution < 1.29 is 31.6 Å². The van der Waals surface area contributed by atoms with Crippen LogP contribution in [-0.4, -0.2) is 25.8 Å². The standard InChI is InChI=1S/C17H13ClF2N2O5S/c1-26-13-4-8(2-3-10(13)18)17-16(14(7-23)27-22-17)9-5-12(20)15(6-11(9)19)28(21,24)25/h2-6,23H,7H2,1H3,(H2,21,24,25). The molecule has 3 N–H and O–H groups in total. The molecule has 3 aromatic rings. The van der Waals surface area contributed by atoms with E-state index in [-0.39, 0.29) is 22.6 Å². The quantitative estimate of drug-likeness (QED) is 0.642. The second-order valence-corrected chi connectivity index (χ2v) is 7.58. The number of methoxy groups -OCH3 is 1. The molecule has 0 aliphatic rings. The van der Waals surface area contributed by atoms with Crippen LogP contribution in [0.15, 0.2) is 39.8 Å². The number of aliphatic hydroxyl groups is 1. The monoisotopic (exact) mass is 430 g/mol. The van der Waals surface area contributed by atoms with Crippen molar-refractivity contribution >= 4 is 21.6 Å². The SMILES string of the molecule is COc1cc(-c2noc(CO)c2-c2cc(F)c(S(N)(=O)=O)cc2F)ccc1Cl. The third kappa shape index (κ3) is 3.59. The first-order valence-corrected chi connectivity index (χ1v) is 9.55. The van der Waals surface area contributed by atoms with Crippen LogP contribution < -0.4 is 9.88 Å². The van der Waals surface area contributed by atoms with Gasteiger partial charge in [-0.15, -0.1) is 0 Å². The number of ether oxygens (including phenoxy) is 1. The molecule has 2 aromatic carbocycles. The number of sulfonamides is 1. The first-order valence-electron chi connectivity index (χ1n) is 7.63. The van der Waals surface area contributed by atoms with Crippen molar-refractivity contribution in [3.05, 3.63) is 52.7 Å². The lowest BCUT2D eigenvalue weighted by atomic mass is 9.98. The Morgan fingerprint density at radius 2 is 1.96 bits per heavy atom. The van der Waals surface area contributed by atoms with E-state index in [1.165, 1.54) is 19.2 Å². The van der Waals surface area contributed by atoms with Gasteiger partial charge in [0.15, 0.2) is 5.76 Å². The molecule has 0 radical (unpaired) electrons. The lowest BCUT2D eigenvalue weighted by Gasteiger charge is -2.09. The van der Waals surface area contributed by atoms with Crippen LogP contribution >= 0.6 is 11.6 Å². The molecule has 0 fully saturated rings. The van der Waals surface area contributed by atoms with Crippen LogP contribution in [0.1, 0.15) is 5.76 Å². The average Bonchev–Trinajstić information content (AvgIpc) is 3.06. The minimum absolute atomic E-state index is 0.0516. The Kier molecular flexibility index (Phi) is 5.39. The molecule has 0 amide bonds. The molecule has 0 saturated heterocycles. The van der Waals surface area contributed by atoms with Crippen LogP contribution in [0.3, 0.4) is 0 Å². The number of benzene rings is 2. The van der Waals surface area contributed by atoms with Gasteiger partial charge in [0, 0.05) is 11.1 Å². The first-order chi connectivity index (χ1) is 13.2. The van der Waals surface area contributed by atoms with Crippen LogP contribution in [0.4, 0.5) is 8.78 Å². The van der Waals surface area contributed by atoms with E-state index in [2.05, 4.69) is 5.16 Å². The Hall–Kier alpha value is -2.53. The molecular formula is C17H13ClF2N2O5S. The molecule has 7 nitrogen and oxygen atoms in total. The van der Waals surface area contributed by atoms with Gasteiger partial charge in [0.05, 0.1) is 17.7 Å². The molecule has 28 heavy (non-hydrogen) atoms. The molecule has 3 rings (SSSR count). The van der Waals surface area contributed by atoms with Gasteiger partial charge in [-0.2, -0.15) is 0 Å². The van der Waals surface area contributed by atoms with Crippen LogP contribution in [0.25, 0.3) is 22.4 Å². The molecule has 0 aliphatic carbocycles. The van der Waals surface area contributed by atoms with Gasteiger partial charge >= 0.3 is 0 Å². The fourth-order valence-corrected chi connectivity index (χ4v) is 3.45. The van der Waals surface area contributed by atoms with E-state index in [4.69, 9.17) is 26.0 Å². The van der Waals surface area contributed by atoms with E-state index in [1.54, 1.807) is 6.07 Å². The van der Waals surface area contributed by atoms with Crippen molar-refractivity contribution in [2.75, 3.05) is 7.11 Å². The molecular weight excluding hydrogens is 418 g/mol. The average molecular weight is 431 g/mol. The number of hydrogen-bond acceptors (Lipinski definition) is 6. The van der Waals surface area contributed by atoms with Gasteiger partial charge in [0.2, 0.25) is 10.0 Å². The molecule has 0 aliphatic heterocycles. The highest BCUT2D eigenvalue weighted by atomic mass is 35.5. The number of primary sulfonamides is 1. The molecule has 0 bridgehead atoms. The summed E-state index contributed by atoms with van der Waals surface area (Å²) in [6.45, 7) is -0.662. The van der Waals surface area contributed by atoms with Crippen LogP contribution in [0.5, 0.6) is 5.75 Å². The van der Waals surface area contributed by atoms with Crippen molar-refractivity contribution in [3.8, 4) is 28.1 Å². The largest absolute Gasteiger partial charge is 0.495 e. The molecule has 0 spiro atoms. The van der Waals surface area contributed by atoms with Crippen LogP contribution in [-0.2, 0) is 16.6 Å². The van der Waals surface area contributed by atoms with Crippen molar-refractivity contribution in [2.45, 2.75) is 11.5 Å². The zero-order chi connectivity index (χ0) is 20.6. The Morgan fingerprint density at radius 1 is 1.25 bits per heavy atom. The summed E-state index contributed by atoms with van der Waals surface area (Å²) < 4.78 is 61.9. The van der Waals surface area contributed by atoms with Crippen molar-refractivity contribution in [3.63, 3.8) is 0 Å². The van der Waals surface area contributed by atoms with E-state index >= 15 is 0 Å². The summed E-state index contributed by atoms with van der Waals surface area (Å²) in [4.78, 5) is -0.995. The highest BCUT2D eigenvalue weighted by Crippen LogP contribution is 2.39. The molecule has 0 unspecified atom stereocenters. The van der Waals surface area contributed by atoms with Crippen molar-refractivity contribution in [1.82, 2.24) is 5.16 Å². The van der Waals surface area contributed by atoms with E-state index < -0.39 is 33.2 Å². The van der Waals surface area contributed by atoms with E-state index in [1.807, 2.05) is 0 Å². The smallest absolute Gasteiger partial charge is 0.241 e. The van der Waals surface area contributed by atoms with Gasteiger partial charge in [-0.05, 0) is 24.3 Å². The summed E-state index contributed by atoms with van der Waals surface area (Å²) >= 11 is 5.99. The summed E-state index contributed by atoms with van der Waals surface area (Å²) in [5.74, 6) is -2.20. The zero-order valence-electron chi connectivity index (χ0n) is 14.2. The van der Waals surface area contributed by atoms with Crippen molar-refractivity contribution in [2.24, 2.45) is 5.14 Å². The number of aromatic nitrogens is 1. The highest BCUT2D eigenvalue weighted by Gasteiger charge is 2.26. The number of halogens is 3. The Balaban J connectivity index is 2.27. The van der Waals surface area contributed by atoms with Crippen LogP contribution in [0, 0.1) is 11.6 Å². The summed E-state index contributed by atoms with van der Waals surface area (Å²) in [5, 5.41) is 18.5. The highest BCUT2D eigenvalue weighted by molar-refractivity contribution is 7.89. The number of rotatable bonds is 5. The van der Waals surface area contributed by atoms with Gasteiger partial charge in [-0.25, -0.2) is 22.3 Å². The maximum Gasteiger partial charge on any atom is 0.241 e. The molecule has 148 valence electrons. The molecule has 0 saturated carbocycles. The zero-order valence-corrected chi connectivity index (χ0v) is 15.8. The molecule has 1 aromatic heterocycles. The predicted octanol–water partition coefficient (Wildman–Crippen LogP) is 3.09. The van der Waals surface area contributed by atoms with Gasteiger partial charge < -0.3 is 14.4 Å². The van der Waals surface area contributed by atoms with Crippen molar-refractivity contribution in [1.29, 1.82) is 0 Å². The lowest BCUT2D eigenvalue weighted by molar-refractivity contribution is 0.230. The summed E-state index contributed by atoms with van der Waals surface area (Å²) in [6, 6.07) is 5.66. The normalized spacial score (nSPS) is 11.6. The van der Waals surface area contributed by atoms with Crippen LogP contribution in [0.2, 0.25) is 5.02 Å². The third-order valence-electron chi connectivity index (χ3n) is 3.93. The van der Waals surface area contributed by atoms with E-state index in [0.29, 0.717) is 28.5 Å².